The number of halogens is 1. The summed E-state index contributed by atoms with van der Waals surface area (Å²) >= 11 is 3.51. The van der Waals surface area contributed by atoms with Gasteiger partial charge in [0.1, 0.15) is 0 Å². The van der Waals surface area contributed by atoms with E-state index in [1.165, 1.54) is 0 Å². The van der Waals surface area contributed by atoms with Gasteiger partial charge in [0.15, 0.2) is 0 Å². The van der Waals surface area contributed by atoms with Crippen LogP contribution in [-0.2, 0) is 4.79 Å². The molecule has 1 aromatic carbocycles. The van der Waals surface area contributed by atoms with E-state index < -0.39 is 0 Å². The highest BCUT2D eigenvalue weighted by Gasteiger charge is 2.27. The van der Waals surface area contributed by atoms with Crippen molar-refractivity contribution in [2.75, 3.05) is 50.0 Å². The predicted molar refractivity (Wildman–Crippen MR) is 84.3 cm³/mol. The molecule has 5 nitrogen and oxygen atoms in total. The summed E-state index contributed by atoms with van der Waals surface area (Å²) in [7, 11) is 2.15. The first-order chi connectivity index (χ1) is 9.63. The molecule has 1 aromatic rings. The number of hydrogen-bond donors (Lipinski definition) is 2. The van der Waals surface area contributed by atoms with Crippen LogP contribution in [0.4, 0.5) is 11.4 Å². The maximum atomic E-state index is 11.9. The van der Waals surface area contributed by atoms with Crippen LogP contribution < -0.4 is 15.5 Å². The predicted octanol–water partition coefficient (Wildman–Crippen LogP) is 1.11. The van der Waals surface area contributed by atoms with Crippen LogP contribution in [-0.4, -0.2) is 56.6 Å². The summed E-state index contributed by atoms with van der Waals surface area (Å²) in [6, 6.07) is 6.41. The zero-order chi connectivity index (χ0) is 14.1. The van der Waals surface area contributed by atoms with Crippen molar-refractivity contribution in [3.63, 3.8) is 0 Å². The Bertz CT molecular complexity index is 522. The van der Waals surface area contributed by atoms with Gasteiger partial charge in [-0.05, 0) is 25.2 Å². The van der Waals surface area contributed by atoms with Gasteiger partial charge in [-0.25, -0.2) is 0 Å². The number of fused-ring (bicyclic) bond motifs is 1. The summed E-state index contributed by atoms with van der Waals surface area (Å²) in [6.07, 6.45) is 0. The number of rotatable bonds is 2. The monoisotopic (exact) mass is 338 g/mol. The van der Waals surface area contributed by atoms with Crippen molar-refractivity contribution in [2.45, 2.75) is 6.04 Å². The van der Waals surface area contributed by atoms with E-state index in [-0.39, 0.29) is 5.91 Å². The fourth-order valence-corrected chi connectivity index (χ4v) is 3.15. The Morgan fingerprint density at radius 2 is 2.30 bits per heavy atom. The highest BCUT2D eigenvalue weighted by molar-refractivity contribution is 9.10. The first-order valence-electron chi connectivity index (χ1n) is 6.89. The highest BCUT2D eigenvalue weighted by Crippen LogP contribution is 2.32. The van der Waals surface area contributed by atoms with E-state index in [0.717, 1.165) is 42.0 Å². The van der Waals surface area contributed by atoms with E-state index in [0.29, 0.717) is 12.6 Å². The van der Waals surface area contributed by atoms with Gasteiger partial charge in [-0.1, -0.05) is 15.9 Å². The van der Waals surface area contributed by atoms with Gasteiger partial charge in [-0.2, -0.15) is 0 Å². The molecule has 0 radical (unpaired) electrons. The SMILES string of the molecule is CN1CCNCC1CN1CC(=O)Nc2ccc(Br)cc21. The Kier molecular flexibility index (Phi) is 3.96. The molecule has 0 aliphatic carbocycles. The molecule has 2 N–H and O–H groups in total. The van der Waals surface area contributed by atoms with Gasteiger partial charge in [0.25, 0.3) is 0 Å². The van der Waals surface area contributed by atoms with Crippen LogP contribution >= 0.6 is 15.9 Å². The topological polar surface area (TPSA) is 47.6 Å². The van der Waals surface area contributed by atoms with Gasteiger partial charge in [-0.3, -0.25) is 9.69 Å². The molecule has 6 heteroatoms. The number of carbonyl (C=O) groups excluding carboxylic acids is 1. The molecule has 2 aliphatic rings. The molecule has 0 saturated carbocycles. The van der Waals surface area contributed by atoms with E-state index in [1.54, 1.807) is 0 Å². The number of anilines is 2. The molecule has 20 heavy (non-hydrogen) atoms. The molecular formula is C14H19BrN4O. The van der Waals surface area contributed by atoms with Crippen LogP contribution in [0, 0.1) is 0 Å². The van der Waals surface area contributed by atoms with Gasteiger partial charge in [0, 0.05) is 36.7 Å². The third-order valence-corrected chi connectivity index (χ3v) is 4.48. The molecule has 1 unspecified atom stereocenters. The average Bonchev–Trinajstić information content (AvgIpc) is 2.42. The third-order valence-electron chi connectivity index (χ3n) is 3.98. The van der Waals surface area contributed by atoms with E-state index in [2.05, 4.69) is 49.5 Å². The lowest BCUT2D eigenvalue weighted by molar-refractivity contribution is -0.115. The lowest BCUT2D eigenvalue weighted by atomic mass is 10.1. The molecule has 1 amide bonds. The molecule has 1 atom stereocenters. The quantitative estimate of drug-likeness (QED) is 0.848. The Morgan fingerprint density at radius 1 is 1.45 bits per heavy atom. The number of likely N-dealkylation sites (N-methyl/N-ethyl adjacent to an activating group) is 1. The Balaban J connectivity index is 1.82. The van der Waals surface area contributed by atoms with Gasteiger partial charge >= 0.3 is 0 Å². The summed E-state index contributed by atoms with van der Waals surface area (Å²) in [5, 5.41) is 6.36. The molecule has 0 aromatic heterocycles. The van der Waals surface area contributed by atoms with Crippen molar-refractivity contribution >= 4 is 33.2 Å². The molecule has 2 aliphatic heterocycles. The van der Waals surface area contributed by atoms with E-state index >= 15 is 0 Å². The maximum absolute atomic E-state index is 11.9. The molecule has 2 heterocycles. The number of nitrogens with one attached hydrogen (secondary N) is 2. The van der Waals surface area contributed by atoms with Gasteiger partial charge in [0.2, 0.25) is 5.91 Å². The van der Waals surface area contributed by atoms with Crippen LogP contribution in [0.2, 0.25) is 0 Å². The van der Waals surface area contributed by atoms with Crippen LogP contribution in [0.1, 0.15) is 0 Å². The van der Waals surface area contributed by atoms with Crippen molar-refractivity contribution < 1.29 is 4.79 Å². The van der Waals surface area contributed by atoms with Gasteiger partial charge in [0.05, 0.1) is 17.9 Å². The molecule has 108 valence electrons. The van der Waals surface area contributed by atoms with Crippen LogP contribution in [0.3, 0.4) is 0 Å². The fraction of sp³-hybridized carbons (Fsp3) is 0.500. The van der Waals surface area contributed by atoms with Crippen LogP contribution in [0.15, 0.2) is 22.7 Å². The standard InChI is InChI=1S/C14H19BrN4O/c1-18-5-4-16-7-11(18)8-19-9-14(20)17-12-3-2-10(15)6-13(12)19/h2-3,6,11,16H,4-5,7-9H2,1H3,(H,17,20). The third kappa shape index (κ3) is 2.82. The highest BCUT2D eigenvalue weighted by atomic mass is 79.9. The molecule has 1 fully saturated rings. The number of benzene rings is 1. The molecule has 3 rings (SSSR count). The van der Waals surface area contributed by atoms with E-state index in [9.17, 15) is 4.79 Å². The number of piperazine rings is 1. The lowest BCUT2D eigenvalue weighted by Gasteiger charge is -2.39. The first kappa shape index (κ1) is 13.9. The summed E-state index contributed by atoms with van der Waals surface area (Å²) < 4.78 is 1.03. The number of carbonyl (C=O) groups is 1. The van der Waals surface area contributed by atoms with E-state index in [1.807, 2.05) is 12.1 Å². The second-order valence-corrected chi connectivity index (χ2v) is 6.34. The Morgan fingerprint density at radius 3 is 3.10 bits per heavy atom. The number of amides is 1. The second-order valence-electron chi connectivity index (χ2n) is 5.43. The zero-order valence-corrected chi connectivity index (χ0v) is 13.1. The van der Waals surface area contributed by atoms with Crippen molar-refractivity contribution in [3.05, 3.63) is 22.7 Å². The summed E-state index contributed by atoms with van der Waals surface area (Å²) in [4.78, 5) is 16.4. The Hall–Kier alpha value is -1.11. The Labute approximate surface area is 127 Å². The molecular weight excluding hydrogens is 320 g/mol. The number of nitrogens with zero attached hydrogens (tertiary/aromatic N) is 2. The molecule has 0 spiro atoms. The normalized spacial score (nSPS) is 23.4. The zero-order valence-electron chi connectivity index (χ0n) is 11.5. The van der Waals surface area contributed by atoms with Crippen molar-refractivity contribution in [2.24, 2.45) is 0 Å². The summed E-state index contributed by atoms with van der Waals surface area (Å²) in [6.45, 7) is 4.35. The summed E-state index contributed by atoms with van der Waals surface area (Å²) in [5.41, 5.74) is 1.99. The maximum Gasteiger partial charge on any atom is 0.243 e. The molecule has 0 bridgehead atoms. The lowest BCUT2D eigenvalue weighted by Crippen LogP contribution is -2.55. The van der Waals surface area contributed by atoms with Crippen LogP contribution in [0.25, 0.3) is 0 Å². The van der Waals surface area contributed by atoms with Crippen molar-refractivity contribution in [1.29, 1.82) is 0 Å². The summed E-state index contributed by atoms with van der Waals surface area (Å²) in [5.74, 6) is 0.0613. The van der Waals surface area contributed by atoms with Crippen molar-refractivity contribution in [1.82, 2.24) is 10.2 Å². The number of hydrogen-bond acceptors (Lipinski definition) is 4. The minimum absolute atomic E-state index is 0.0613. The van der Waals surface area contributed by atoms with Crippen LogP contribution in [0.5, 0.6) is 0 Å². The largest absolute Gasteiger partial charge is 0.359 e. The molecule has 1 saturated heterocycles. The fourth-order valence-electron chi connectivity index (χ4n) is 2.80. The van der Waals surface area contributed by atoms with Gasteiger partial charge < -0.3 is 15.5 Å². The minimum Gasteiger partial charge on any atom is -0.359 e. The average molecular weight is 339 g/mol. The minimum atomic E-state index is 0.0613. The van der Waals surface area contributed by atoms with Gasteiger partial charge in [-0.15, -0.1) is 0 Å². The van der Waals surface area contributed by atoms with Crippen molar-refractivity contribution in [3.8, 4) is 0 Å². The smallest absolute Gasteiger partial charge is 0.243 e. The first-order valence-corrected chi connectivity index (χ1v) is 7.68. The second kappa shape index (κ2) is 5.71. The van der Waals surface area contributed by atoms with E-state index in [4.69, 9.17) is 0 Å².